The van der Waals surface area contributed by atoms with Crippen LogP contribution in [-0.4, -0.2) is 39.4 Å². The molecule has 0 heterocycles. The first-order valence-corrected chi connectivity index (χ1v) is 7.45. The van der Waals surface area contributed by atoms with E-state index >= 15 is 0 Å². The lowest BCUT2D eigenvalue weighted by molar-refractivity contribution is 0.152. The van der Waals surface area contributed by atoms with Crippen molar-refractivity contribution < 1.29 is 9.47 Å². The van der Waals surface area contributed by atoms with Crippen molar-refractivity contribution in [2.75, 3.05) is 33.4 Å². The number of nitrogens with one attached hydrogen (secondary N) is 2. The summed E-state index contributed by atoms with van der Waals surface area (Å²) in [6.07, 6.45) is 0. The molecule has 0 spiro atoms. The molecule has 0 aromatic heterocycles. The molecular weight excluding hydrogens is 393 g/mol. The van der Waals surface area contributed by atoms with Crippen molar-refractivity contribution in [3.05, 3.63) is 29.3 Å². The summed E-state index contributed by atoms with van der Waals surface area (Å²) in [4.78, 5) is 4.19. The van der Waals surface area contributed by atoms with Crippen LogP contribution in [0, 0.1) is 6.92 Å². The molecule has 5 nitrogen and oxygen atoms in total. The maximum absolute atomic E-state index is 5.68. The van der Waals surface area contributed by atoms with Crippen LogP contribution in [0.4, 0.5) is 0 Å². The first kappa shape index (κ1) is 21.0. The minimum atomic E-state index is 0. The van der Waals surface area contributed by atoms with E-state index in [2.05, 4.69) is 40.7 Å². The molecule has 0 radical (unpaired) electrons. The average Bonchev–Trinajstić information content (AvgIpc) is 2.48. The molecule has 1 aromatic rings. The van der Waals surface area contributed by atoms with E-state index in [1.807, 2.05) is 13.8 Å². The van der Waals surface area contributed by atoms with E-state index in [4.69, 9.17) is 9.47 Å². The number of aliphatic imine (C=N–C) groups is 1. The number of ether oxygens (including phenoxy) is 2. The summed E-state index contributed by atoms with van der Waals surface area (Å²) >= 11 is 0. The number of hydrogen-bond acceptors (Lipinski definition) is 3. The van der Waals surface area contributed by atoms with Crippen molar-refractivity contribution >= 4 is 29.9 Å². The highest BCUT2D eigenvalue weighted by molar-refractivity contribution is 14.0. The minimum Gasteiger partial charge on any atom is -0.494 e. The number of benzene rings is 1. The molecule has 0 aliphatic carbocycles. The van der Waals surface area contributed by atoms with Crippen LogP contribution < -0.4 is 15.4 Å². The van der Waals surface area contributed by atoms with Gasteiger partial charge in [0.15, 0.2) is 5.96 Å². The molecule has 1 rings (SSSR count). The lowest BCUT2D eigenvalue weighted by Gasteiger charge is -2.15. The summed E-state index contributed by atoms with van der Waals surface area (Å²) in [6.45, 7) is 9.52. The number of hydrogen-bond donors (Lipinski definition) is 2. The Hall–Kier alpha value is -1.02. The van der Waals surface area contributed by atoms with Crippen LogP contribution in [0.3, 0.4) is 0 Å². The van der Waals surface area contributed by atoms with Crippen LogP contribution in [0.1, 0.15) is 25.0 Å². The third-order valence-corrected chi connectivity index (χ3v) is 2.94. The Labute approximate surface area is 150 Å². The second kappa shape index (κ2) is 12.5. The molecule has 0 saturated heterocycles. The lowest BCUT2D eigenvalue weighted by atomic mass is 10.1. The van der Waals surface area contributed by atoms with E-state index in [9.17, 15) is 0 Å². The van der Waals surface area contributed by atoms with E-state index in [1.54, 1.807) is 7.05 Å². The maximum Gasteiger partial charge on any atom is 0.191 e. The van der Waals surface area contributed by atoms with E-state index in [1.165, 1.54) is 5.56 Å². The van der Waals surface area contributed by atoms with E-state index in [-0.39, 0.29) is 24.0 Å². The zero-order chi connectivity index (χ0) is 15.5. The third kappa shape index (κ3) is 7.84. The quantitative estimate of drug-likeness (QED) is 0.293. The lowest BCUT2D eigenvalue weighted by Crippen LogP contribution is -2.38. The largest absolute Gasteiger partial charge is 0.494 e. The van der Waals surface area contributed by atoms with Crippen LogP contribution in [-0.2, 0) is 11.3 Å². The Kier molecular flexibility index (Phi) is 11.9. The molecular formula is C16H28IN3O2. The van der Waals surface area contributed by atoms with Gasteiger partial charge in [0.25, 0.3) is 0 Å². The van der Waals surface area contributed by atoms with Gasteiger partial charge in [-0.3, -0.25) is 4.99 Å². The van der Waals surface area contributed by atoms with Gasteiger partial charge in [-0.1, -0.05) is 12.1 Å². The van der Waals surface area contributed by atoms with E-state index in [0.29, 0.717) is 19.8 Å². The van der Waals surface area contributed by atoms with Crippen molar-refractivity contribution in [2.45, 2.75) is 27.3 Å². The van der Waals surface area contributed by atoms with Crippen LogP contribution in [0.5, 0.6) is 5.75 Å². The highest BCUT2D eigenvalue weighted by Crippen LogP contribution is 2.20. The van der Waals surface area contributed by atoms with Crippen LogP contribution in [0.25, 0.3) is 0 Å². The highest BCUT2D eigenvalue weighted by Gasteiger charge is 2.05. The molecule has 0 unspecified atom stereocenters. The normalized spacial score (nSPS) is 10.8. The zero-order valence-electron chi connectivity index (χ0n) is 13.9. The predicted octanol–water partition coefficient (Wildman–Crippen LogP) is 2.71. The Bertz CT molecular complexity index is 453. The molecule has 2 N–H and O–H groups in total. The molecule has 0 saturated carbocycles. The molecule has 0 bridgehead atoms. The smallest absolute Gasteiger partial charge is 0.191 e. The first-order chi connectivity index (χ1) is 10.2. The van der Waals surface area contributed by atoms with Gasteiger partial charge >= 0.3 is 0 Å². The number of aryl methyl sites for hydroxylation is 1. The van der Waals surface area contributed by atoms with Gasteiger partial charge in [0.2, 0.25) is 0 Å². The van der Waals surface area contributed by atoms with Gasteiger partial charge in [-0.2, -0.15) is 0 Å². The summed E-state index contributed by atoms with van der Waals surface area (Å²) in [6, 6.07) is 6.23. The second-order valence-corrected chi connectivity index (χ2v) is 4.59. The highest BCUT2D eigenvalue weighted by atomic mass is 127. The third-order valence-electron chi connectivity index (χ3n) is 2.94. The molecule has 1 aromatic carbocycles. The Morgan fingerprint density at radius 1 is 1.18 bits per heavy atom. The average molecular weight is 421 g/mol. The topological polar surface area (TPSA) is 54.9 Å². The molecule has 6 heteroatoms. The van der Waals surface area contributed by atoms with Gasteiger partial charge in [-0.15, -0.1) is 24.0 Å². The van der Waals surface area contributed by atoms with Crippen molar-refractivity contribution in [1.82, 2.24) is 10.6 Å². The summed E-state index contributed by atoms with van der Waals surface area (Å²) in [5.74, 6) is 1.69. The summed E-state index contributed by atoms with van der Waals surface area (Å²) < 4.78 is 11.0. The number of nitrogens with zero attached hydrogens (tertiary/aromatic N) is 1. The summed E-state index contributed by atoms with van der Waals surface area (Å²) in [5.41, 5.74) is 2.32. The van der Waals surface area contributed by atoms with Gasteiger partial charge in [0, 0.05) is 32.3 Å². The molecule has 0 amide bonds. The number of rotatable bonds is 8. The maximum atomic E-state index is 5.68. The van der Waals surface area contributed by atoms with Crippen molar-refractivity contribution in [2.24, 2.45) is 4.99 Å². The number of guanidine groups is 1. The van der Waals surface area contributed by atoms with E-state index in [0.717, 1.165) is 30.4 Å². The van der Waals surface area contributed by atoms with Crippen molar-refractivity contribution in [3.63, 3.8) is 0 Å². The fraction of sp³-hybridized carbons (Fsp3) is 0.562. The van der Waals surface area contributed by atoms with Gasteiger partial charge in [0.1, 0.15) is 5.75 Å². The van der Waals surface area contributed by atoms with E-state index < -0.39 is 0 Å². The van der Waals surface area contributed by atoms with Gasteiger partial charge in [0.05, 0.1) is 13.2 Å². The predicted molar refractivity (Wildman–Crippen MR) is 102 cm³/mol. The fourth-order valence-corrected chi connectivity index (χ4v) is 1.88. The Balaban J connectivity index is 0.00000441. The minimum absolute atomic E-state index is 0. The van der Waals surface area contributed by atoms with Gasteiger partial charge < -0.3 is 20.1 Å². The standard InChI is InChI=1S/C16H27N3O2.HI/c1-5-20-10-9-18-16(17-4)19-12-14-8-7-13(3)11-15(14)21-6-2;/h7-8,11H,5-6,9-10,12H2,1-4H3,(H2,17,18,19);1H. The zero-order valence-corrected chi connectivity index (χ0v) is 16.3. The van der Waals surface area contributed by atoms with Crippen LogP contribution in [0.2, 0.25) is 0 Å². The SMILES string of the molecule is CCOCCNC(=NC)NCc1ccc(C)cc1OCC.I. The molecule has 0 aliphatic rings. The Morgan fingerprint density at radius 3 is 2.59 bits per heavy atom. The van der Waals surface area contributed by atoms with Crippen LogP contribution in [0.15, 0.2) is 23.2 Å². The summed E-state index contributed by atoms with van der Waals surface area (Å²) in [5, 5.41) is 6.49. The monoisotopic (exact) mass is 421 g/mol. The van der Waals surface area contributed by atoms with Crippen molar-refractivity contribution in [3.8, 4) is 5.75 Å². The summed E-state index contributed by atoms with van der Waals surface area (Å²) in [7, 11) is 1.76. The Morgan fingerprint density at radius 2 is 1.95 bits per heavy atom. The molecule has 0 fully saturated rings. The van der Waals surface area contributed by atoms with Crippen molar-refractivity contribution in [1.29, 1.82) is 0 Å². The first-order valence-electron chi connectivity index (χ1n) is 7.45. The molecule has 0 atom stereocenters. The second-order valence-electron chi connectivity index (χ2n) is 4.59. The van der Waals surface area contributed by atoms with Gasteiger partial charge in [-0.25, -0.2) is 0 Å². The molecule has 22 heavy (non-hydrogen) atoms. The van der Waals surface area contributed by atoms with Gasteiger partial charge in [-0.05, 0) is 32.4 Å². The fourth-order valence-electron chi connectivity index (χ4n) is 1.88. The molecule has 0 aliphatic heterocycles. The van der Waals surface area contributed by atoms with Crippen LogP contribution >= 0.6 is 24.0 Å². The molecule has 126 valence electrons. The number of halogens is 1.